The number of nitrogens with one attached hydrogen (secondary N) is 1. The zero-order valence-corrected chi connectivity index (χ0v) is 18.6. The first-order valence-electron chi connectivity index (χ1n) is 9.63. The van der Waals surface area contributed by atoms with Gasteiger partial charge in [-0.2, -0.15) is 11.8 Å². The van der Waals surface area contributed by atoms with Crippen molar-refractivity contribution in [3.63, 3.8) is 0 Å². The smallest absolute Gasteiger partial charge is 0.240 e. The molecule has 0 aliphatic heterocycles. The van der Waals surface area contributed by atoms with Crippen molar-refractivity contribution >= 4 is 53.5 Å². The summed E-state index contributed by atoms with van der Waals surface area (Å²) in [4.78, 5) is 17.6. The number of nitrogens with zero attached hydrogens (tertiary/aromatic N) is 2. The van der Waals surface area contributed by atoms with Gasteiger partial charge in [-0.05, 0) is 55.9 Å². The maximum absolute atomic E-state index is 12.9. The minimum Gasteiger partial charge on any atom is -0.351 e. The Morgan fingerprint density at radius 3 is 2.61 bits per heavy atom. The third-order valence-corrected chi connectivity index (χ3v) is 6.56. The summed E-state index contributed by atoms with van der Waals surface area (Å²) in [6, 6.07) is 8.68. The summed E-state index contributed by atoms with van der Waals surface area (Å²) in [6.07, 6.45) is 7.83. The van der Waals surface area contributed by atoms with Gasteiger partial charge in [-0.3, -0.25) is 4.79 Å². The lowest BCUT2D eigenvalue weighted by molar-refractivity contribution is -0.124. The minimum absolute atomic E-state index is 0. The van der Waals surface area contributed by atoms with Crippen molar-refractivity contribution in [1.29, 1.82) is 0 Å². The number of para-hydroxylation sites is 2. The fourth-order valence-electron chi connectivity index (χ4n) is 4.94. The summed E-state index contributed by atoms with van der Waals surface area (Å²) in [6.45, 7) is 0.346. The van der Waals surface area contributed by atoms with Crippen LogP contribution in [0.1, 0.15) is 37.9 Å². The topological polar surface area (TPSA) is 72.9 Å². The van der Waals surface area contributed by atoms with Crippen molar-refractivity contribution in [1.82, 2.24) is 14.9 Å². The van der Waals surface area contributed by atoms with Crippen LogP contribution in [0.4, 0.5) is 0 Å². The lowest BCUT2D eigenvalue weighted by atomic mass is 9.67. The molecule has 5 nitrogen and oxygen atoms in total. The first-order chi connectivity index (χ1) is 12.7. The molecule has 2 aliphatic carbocycles. The van der Waals surface area contributed by atoms with E-state index in [9.17, 15) is 4.79 Å². The molecule has 1 aromatic heterocycles. The third kappa shape index (κ3) is 4.78. The van der Waals surface area contributed by atoms with Crippen molar-refractivity contribution in [3.05, 3.63) is 30.1 Å². The quantitative estimate of drug-likeness (QED) is 0.735. The normalized spacial score (nSPS) is 26.2. The van der Waals surface area contributed by atoms with Gasteiger partial charge in [0.05, 0.1) is 16.8 Å². The zero-order valence-electron chi connectivity index (χ0n) is 16.2. The average Bonchev–Trinajstić information content (AvgIpc) is 2.94. The summed E-state index contributed by atoms with van der Waals surface area (Å²) in [7, 11) is 0. The minimum atomic E-state index is 0. The van der Waals surface area contributed by atoms with Crippen LogP contribution in [-0.4, -0.2) is 33.8 Å². The van der Waals surface area contributed by atoms with Gasteiger partial charge in [0.25, 0.3) is 0 Å². The summed E-state index contributed by atoms with van der Waals surface area (Å²) in [5.41, 5.74) is 8.22. The summed E-state index contributed by atoms with van der Waals surface area (Å²) in [5, 5.41) is 3.36. The van der Waals surface area contributed by atoms with Gasteiger partial charge in [0.2, 0.25) is 5.91 Å². The van der Waals surface area contributed by atoms with Crippen molar-refractivity contribution in [2.24, 2.45) is 17.6 Å². The van der Waals surface area contributed by atoms with E-state index in [0.717, 1.165) is 35.5 Å². The van der Waals surface area contributed by atoms with Crippen molar-refractivity contribution in [2.75, 3.05) is 6.26 Å². The number of hydrogen-bond donors (Lipinski definition) is 2. The second kappa shape index (κ2) is 10.2. The molecule has 156 valence electrons. The Bertz CT molecular complexity index is 786. The number of nitrogens with two attached hydrogens (primary N) is 1. The van der Waals surface area contributed by atoms with E-state index in [-0.39, 0.29) is 30.7 Å². The average molecular weight is 445 g/mol. The van der Waals surface area contributed by atoms with Crippen molar-refractivity contribution in [2.45, 2.75) is 56.5 Å². The monoisotopic (exact) mass is 444 g/mol. The van der Waals surface area contributed by atoms with E-state index < -0.39 is 0 Å². The molecule has 2 unspecified atom stereocenters. The highest BCUT2D eigenvalue weighted by Gasteiger charge is 2.39. The number of imidazole rings is 1. The standard InChI is InChI=1S/C20H28N4OS.2ClH/c1-26-12-18-22-16-7-2-3-8-17(16)24(18)11-19(25)23-20-13-5-4-6-14(20)10-15(21)9-13;;/h2-3,7-8,13-15,20H,4-6,9-12,21H2,1H3,(H,23,25);2*1H. The van der Waals surface area contributed by atoms with Crippen LogP contribution in [-0.2, 0) is 17.1 Å². The molecule has 0 saturated heterocycles. The Hall–Kier alpha value is -0.950. The summed E-state index contributed by atoms with van der Waals surface area (Å²) >= 11 is 1.73. The van der Waals surface area contributed by atoms with E-state index in [0.29, 0.717) is 30.5 Å². The van der Waals surface area contributed by atoms with E-state index in [1.54, 1.807) is 11.8 Å². The molecule has 28 heavy (non-hydrogen) atoms. The largest absolute Gasteiger partial charge is 0.351 e. The van der Waals surface area contributed by atoms with E-state index in [1.165, 1.54) is 19.3 Å². The molecule has 2 aliphatic rings. The number of benzene rings is 1. The molecule has 2 atom stereocenters. The van der Waals surface area contributed by atoms with Crippen LogP contribution in [0.5, 0.6) is 0 Å². The molecule has 1 heterocycles. The lowest BCUT2D eigenvalue weighted by Crippen LogP contribution is -2.54. The molecule has 3 N–H and O–H groups in total. The van der Waals surface area contributed by atoms with Crippen LogP contribution in [0.15, 0.2) is 24.3 Å². The SMILES string of the molecule is CSCc1nc2ccccc2n1CC(=O)NC1C2CCCC1CC(N)C2.Cl.Cl. The summed E-state index contributed by atoms with van der Waals surface area (Å²) in [5.74, 6) is 2.98. The van der Waals surface area contributed by atoms with Gasteiger partial charge in [-0.1, -0.05) is 18.6 Å². The van der Waals surface area contributed by atoms with Crippen LogP contribution < -0.4 is 11.1 Å². The Labute approximate surface area is 183 Å². The Morgan fingerprint density at radius 2 is 1.93 bits per heavy atom. The highest BCUT2D eigenvalue weighted by molar-refractivity contribution is 7.97. The number of hydrogen-bond acceptors (Lipinski definition) is 4. The second-order valence-corrected chi connectivity index (χ2v) is 8.68. The summed E-state index contributed by atoms with van der Waals surface area (Å²) < 4.78 is 2.07. The van der Waals surface area contributed by atoms with E-state index in [4.69, 9.17) is 10.7 Å². The molecular weight excluding hydrogens is 415 g/mol. The van der Waals surface area contributed by atoms with Crippen LogP contribution >= 0.6 is 36.6 Å². The number of thioether (sulfide) groups is 1. The zero-order chi connectivity index (χ0) is 18.1. The van der Waals surface area contributed by atoms with Crippen LogP contribution in [0, 0.1) is 11.8 Å². The predicted molar refractivity (Wildman–Crippen MR) is 121 cm³/mol. The Kier molecular flexibility index (Phi) is 8.49. The number of carbonyl (C=O) groups is 1. The molecule has 0 radical (unpaired) electrons. The molecule has 2 saturated carbocycles. The molecule has 2 fully saturated rings. The van der Waals surface area contributed by atoms with Gasteiger partial charge in [0.1, 0.15) is 12.4 Å². The molecule has 2 aromatic rings. The highest BCUT2D eigenvalue weighted by atomic mass is 35.5. The maximum Gasteiger partial charge on any atom is 0.240 e. The number of fused-ring (bicyclic) bond motifs is 3. The van der Waals surface area contributed by atoms with Gasteiger partial charge < -0.3 is 15.6 Å². The number of aromatic nitrogens is 2. The fraction of sp³-hybridized carbons (Fsp3) is 0.600. The molecular formula is C20H30Cl2N4OS. The molecule has 2 bridgehead atoms. The first-order valence-corrected chi connectivity index (χ1v) is 11.0. The van der Waals surface area contributed by atoms with Gasteiger partial charge in [-0.25, -0.2) is 4.98 Å². The number of carbonyl (C=O) groups excluding carboxylic acids is 1. The molecule has 1 amide bonds. The van der Waals surface area contributed by atoms with Gasteiger partial charge in [-0.15, -0.1) is 24.8 Å². The van der Waals surface area contributed by atoms with Gasteiger partial charge >= 0.3 is 0 Å². The number of amides is 1. The Morgan fingerprint density at radius 1 is 1.25 bits per heavy atom. The molecule has 0 spiro atoms. The van der Waals surface area contributed by atoms with Crippen molar-refractivity contribution < 1.29 is 4.79 Å². The molecule has 8 heteroatoms. The van der Waals surface area contributed by atoms with Crippen molar-refractivity contribution in [3.8, 4) is 0 Å². The van der Waals surface area contributed by atoms with Crippen LogP contribution in [0.3, 0.4) is 0 Å². The lowest BCUT2D eigenvalue weighted by Gasteiger charge is -2.45. The predicted octanol–water partition coefficient (Wildman–Crippen LogP) is 3.77. The van der Waals surface area contributed by atoms with E-state index in [1.807, 2.05) is 24.3 Å². The van der Waals surface area contributed by atoms with Gasteiger partial charge in [0.15, 0.2) is 0 Å². The van der Waals surface area contributed by atoms with E-state index >= 15 is 0 Å². The number of halogens is 2. The maximum atomic E-state index is 12.9. The van der Waals surface area contributed by atoms with E-state index in [2.05, 4.69) is 16.1 Å². The molecule has 4 rings (SSSR count). The van der Waals surface area contributed by atoms with Gasteiger partial charge in [0, 0.05) is 12.1 Å². The highest BCUT2D eigenvalue weighted by Crippen LogP contribution is 2.39. The van der Waals surface area contributed by atoms with Crippen LogP contribution in [0.2, 0.25) is 0 Å². The third-order valence-electron chi connectivity index (χ3n) is 6.01. The second-order valence-electron chi connectivity index (χ2n) is 7.81. The Balaban J connectivity index is 0.00000140. The molecule has 1 aromatic carbocycles. The fourth-order valence-corrected chi connectivity index (χ4v) is 5.42. The number of rotatable bonds is 5. The first kappa shape index (κ1) is 23.3. The van der Waals surface area contributed by atoms with Crippen LogP contribution in [0.25, 0.3) is 11.0 Å².